The van der Waals surface area contributed by atoms with Gasteiger partial charge in [-0.05, 0) is 25.3 Å². The number of carboxylic acids is 1. The van der Waals surface area contributed by atoms with E-state index in [0.29, 0.717) is 0 Å². The number of nitrogens with two attached hydrogens (primary N) is 2. The molecule has 114 valence electrons. The first-order chi connectivity index (χ1) is 9.22. The Kier molecular flexibility index (Phi) is 32.5. The molecule has 5 N–H and O–H groups in total. The lowest BCUT2D eigenvalue weighted by Gasteiger charge is -2.00. The number of primary amides is 2. The summed E-state index contributed by atoms with van der Waals surface area (Å²) < 4.78 is 0. The van der Waals surface area contributed by atoms with Gasteiger partial charge in [-0.1, -0.05) is 0 Å². The lowest BCUT2D eigenvalue weighted by atomic mass is 10.3. The number of nitriles is 1. The third-order valence-electron chi connectivity index (χ3n) is 0.907. The van der Waals surface area contributed by atoms with Gasteiger partial charge in [-0.25, -0.2) is 0 Å². The summed E-state index contributed by atoms with van der Waals surface area (Å²) in [5.74, 6) is -0.833. The predicted molar refractivity (Wildman–Crippen MR) is 76.0 cm³/mol. The number of rotatable bonds is 2. The second-order valence-corrected chi connectivity index (χ2v) is 3.06. The van der Waals surface area contributed by atoms with E-state index in [-0.39, 0.29) is 12.8 Å². The molecule has 0 aliphatic rings. The average Bonchev–Trinajstić information content (AvgIpc) is 2.29. The lowest BCUT2D eigenvalue weighted by molar-refractivity contribution is -0.134. The van der Waals surface area contributed by atoms with Crippen LogP contribution in [0.25, 0.3) is 0 Å². The molecule has 0 unspecified atom stereocenters. The van der Waals surface area contributed by atoms with Crippen LogP contribution in [0, 0.1) is 11.3 Å². The number of carbonyl (C=O) groups is 3. The van der Waals surface area contributed by atoms with Crippen LogP contribution >= 0.6 is 0 Å². The minimum Gasteiger partial charge on any atom is -0.481 e. The van der Waals surface area contributed by atoms with Gasteiger partial charge >= 0.3 is 0 Å². The number of hydrogen-bond acceptors (Lipinski definition) is 5. The van der Waals surface area contributed by atoms with Gasteiger partial charge in [-0.15, -0.1) is 0 Å². The molecule has 0 aliphatic carbocycles. The predicted octanol–water partition coefficient (Wildman–Crippen LogP) is -0.175. The summed E-state index contributed by atoms with van der Waals surface area (Å²) in [6.45, 7) is 2.86. The number of nitrogens with zero attached hydrogens (tertiary/aromatic N) is 2. The molecular weight excluding hydrogens is 264 g/mol. The topological polar surface area (TPSA) is 151 Å². The van der Waals surface area contributed by atoms with Gasteiger partial charge < -0.3 is 21.5 Å². The third-order valence-corrected chi connectivity index (χ3v) is 0.907. The van der Waals surface area contributed by atoms with Crippen molar-refractivity contribution in [2.75, 3.05) is 14.1 Å². The molecule has 8 nitrogen and oxygen atoms in total. The van der Waals surface area contributed by atoms with Gasteiger partial charge in [0.25, 0.3) is 5.97 Å². The Balaban J connectivity index is -0.000000106. The molecule has 2 amide bonds. The molecule has 0 saturated carbocycles. The molecule has 20 heavy (non-hydrogen) atoms. The first kappa shape index (κ1) is 25.9. The van der Waals surface area contributed by atoms with Crippen LogP contribution in [0.4, 0.5) is 0 Å². The number of carboxylic acid groups (broad SMARTS) is 1. The van der Waals surface area contributed by atoms with Gasteiger partial charge in [0, 0.05) is 26.6 Å². The van der Waals surface area contributed by atoms with Crippen LogP contribution in [0.5, 0.6) is 0 Å². The van der Waals surface area contributed by atoms with Crippen molar-refractivity contribution >= 4 is 18.8 Å². The molecular formula is C12H22N4O4. The van der Waals surface area contributed by atoms with Gasteiger partial charge in [0.05, 0.1) is 6.07 Å². The quantitative estimate of drug-likeness (QED) is 0.364. The van der Waals surface area contributed by atoms with E-state index in [2.05, 4.69) is 11.5 Å². The minimum atomic E-state index is -0.833. The van der Waals surface area contributed by atoms with Crippen molar-refractivity contribution in [1.82, 2.24) is 4.90 Å². The summed E-state index contributed by atoms with van der Waals surface area (Å²) in [5, 5.41) is 15.8. The number of allylic oxidation sites excluding steroid dienone is 3. The van der Waals surface area contributed by atoms with E-state index in [1.807, 2.05) is 37.3 Å². The summed E-state index contributed by atoms with van der Waals surface area (Å²) in [7, 11) is 3.87. The van der Waals surface area contributed by atoms with Gasteiger partial charge in [-0.2, -0.15) is 5.26 Å². The summed E-state index contributed by atoms with van der Waals surface area (Å²) in [6, 6.07) is 2.03. The summed E-state index contributed by atoms with van der Waals surface area (Å²) in [5.41, 5.74) is 9.05. The van der Waals surface area contributed by atoms with Crippen molar-refractivity contribution in [3.05, 3.63) is 23.9 Å². The Morgan fingerprint density at radius 2 is 1.50 bits per heavy atom. The maximum Gasteiger partial charge on any atom is 0.300 e. The first-order valence-electron chi connectivity index (χ1n) is 5.15. The van der Waals surface area contributed by atoms with Crippen LogP contribution in [-0.4, -0.2) is 42.9 Å². The molecule has 0 aromatic heterocycles. The van der Waals surface area contributed by atoms with Crippen LogP contribution < -0.4 is 11.5 Å². The molecule has 8 heteroatoms. The molecule has 0 aliphatic heterocycles. The fraction of sp³-hybridized carbons (Fsp3) is 0.333. The maximum atomic E-state index is 9.00. The molecule has 0 atom stereocenters. The van der Waals surface area contributed by atoms with E-state index >= 15 is 0 Å². The highest BCUT2D eigenvalue weighted by molar-refractivity contribution is 5.62. The lowest BCUT2D eigenvalue weighted by Crippen LogP contribution is -1.99. The Hall–Kier alpha value is -2.82. The zero-order chi connectivity index (χ0) is 17.0. The second kappa shape index (κ2) is 25.1. The van der Waals surface area contributed by atoms with E-state index in [1.54, 1.807) is 13.0 Å². The fourth-order valence-electron chi connectivity index (χ4n) is 0.397. The van der Waals surface area contributed by atoms with Crippen molar-refractivity contribution < 1.29 is 19.5 Å². The van der Waals surface area contributed by atoms with E-state index in [1.165, 1.54) is 0 Å². The van der Waals surface area contributed by atoms with Gasteiger partial charge in [0.2, 0.25) is 12.8 Å². The number of aliphatic carboxylic acids is 1. The highest BCUT2D eigenvalue weighted by atomic mass is 16.4. The zero-order valence-corrected chi connectivity index (χ0v) is 12.1. The van der Waals surface area contributed by atoms with Crippen molar-refractivity contribution in [3.8, 4) is 6.07 Å². The van der Waals surface area contributed by atoms with Crippen LogP contribution in [0.2, 0.25) is 0 Å². The molecule has 0 aromatic carbocycles. The Bertz CT molecular complexity index is 334. The van der Waals surface area contributed by atoms with Crippen LogP contribution in [-0.2, 0) is 14.4 Å². The van der Waals surface area contributed by atoms with Crippen molar-refractivity contribution in [2.24, 2.45) is 11.5 Å². The van der Waals surface area contributed by atoms with E-state index < -0.39 is 5.97 Å². The summed E-state index contributed by atoms with van der Waals surface area (Å²) in [4.78, 5) is 28.1. The monoisotopic (exact) mass is 286 g/mol. The summed E-state index contributed by atoms with van der Waals surface area (Å²) >= 11 is 0. The second-order valence-electron chi connectivity index (χ2n) is 3.06. The zero-order valence-electron chi connectivity index (χ0n) is 12.1. The molecule has 0 radical (unpaired) electrons. The molecule has 0 spiro atoms. The number of amides is 2. The number of hydrogen-bond donors (Lipinski definition) is 3. The molecule has 0 heterocycles. The Morgan fingerprint density at radius 1 is 1.20 bits per heavy atom. The summed E-state index contributed by atoms with van der Waals surface area (Å²) in [6.07, 6.45) is 6.01. The Morgan fingerprint density at radius 3 is 1.70 bits per heavy atom. The van der Waals surface area contributed by atoms with E-state index in [0.717, 1.165) is 12.5 Å². The van der Waals surface area contributed by atoms with E-state index in [9.17, 15) is 0 Å². The molecule has 0 bridgehead atoms. The molecule has 0 saturated heterocycles. The average molecular weight is 286 g/mol. The highest BCUT2D eigenvalue weighted by Gasteiger charge is 1.77. The number of carbonyl (C=O) groups excluding carboxylic acids is 2. The molecule has 0 fully saturated rings. The molecule has 0 rings (SSSR count). The first-order valence-corrected chi connectivity index (χ1v) is 5.15. The third kappa shape index (κ3) is 114. The van der Waals surface area contributed by atoms with E-state index in [4.69, 9.17) is 24.8 Å². The standard InChI is InChI=1S/C8H12N2.C2H4O2.2CH3NO/c1-8(7-9)5-4-6-10(2)3;1-2(3)4;2*2-1-3/h4-6H,1-3H3;1H3,(H,3,4);2*1H,(H2,2,3). The largest absolute Gasteiger partial charge is 0.481 e. The minimum absolute atomic E-state index is 0.250. The Labute approximate surface area is 119 Å². The van der Waals surface area contributed by atoms with Crippen molar-refractivity contribution in [2.45, 2.75) is 13.8 Å². The smallest absolute Gasteiger partial charge is 0.300 e. The van der Waals surface area contributed by atoms with Crippen molar-refractivity contribution in [3.63, 3.8) is 0 Å². The van der Waals surface area contributed by atoms with Gasteiger partial charge in [0.1, 0.15) is 0 Å². The van der Waals surface area contributed by atoms with Crippen LogP contribution in [0.15, 0.2) is 23.9 Å². The molecule has 0 aromatic rings. The highest BCUT2D eigenvalue weighted by Crippen LogP contribution is 1.89. The van der Waals surface area contributed by atoms with Crippen LogP contribution in [0.1, 0.15) is 13.8 Å². The van der Waals surface area contributed by atoms with Gasteiger partial charge in [-0.3, -0.25) is 14.4 Å². The fourth-order valence-corrected chi connectivity index (χ4v) is 0.397. The SMILES string of the molecule is CC(=O)O.CC(C#N)=CC=CN(C)C.NC=O.NC=O. The normalized spacial score (nSPS) is 8.25. The van der Waals surface area contributed by atoms with Crippen LogP contribution in [0.3, 0.4) is 0 Å². The van der Waals surface area contributed by atoms with Crippen molar-refractivity contribution in [1.29, 1.82) is 5.26 Å². The van der Waals surface area contributed by atoms with Gasteiger partial charge in [0.15, 0.2) is 0 Å². The maximum absolute atomic E-state index is 9.00.